The Morgan fingerprint density at radius 3 is 2.47 bits per heavy atom. The SMILES string of the molecule is COc1ccc(N2CCN3c4ccc(Br)cc4C[C@@]4(C(=O)N(c5ccc(Cl)cc5)N=C4C)[C@@H]3C2)cc1. The molecule has 1 fully saturated rings. The Kier molecular flexibility index (Phi) is 5.73. The lowest BCUT2D eigenvalue weighted by molar-refractivity contribution is -0.125. The number of rotatable bonds is 3. The maximum Gasteiger partial charge on any atom is 0.261 e. The highest BCUT2D eigenvalue weighted by atomic mass is 79.9. The number of hydrogen-bond donors (Lipinski definition) is 0. The summed E-state index contributed by atoms with van der Waals surface area (Å²) in [4.78, 5) is 19.2. The highest BCUT2D eigenvalue weighted by Crippen LogP contribution is 2.49. The average molecular weight is 566 g/mol. The number of fused-ring (bicyclic) bond motifs is 4. The number of benzene rings is 3. The van der Waals surface area contributed by atoms with E-state index >= 15 is 0 Å². The summed E-state index contributed by atoms with van der Waals surface area (Å²) in [5.74, 6) is 0.845. The summed E-state index contributed by atoms with van der Waals surface area (Å²) >= 11 is 9.76. The number of carbonyl (C=O) groups is 1. The number of carbonyl (C=O) groups excluding carboxylic acids is 1. The van der Waals surface area contributed by atoms with Crippen LogP contribution in [0.25, 0.3) is 0 Å². The molecule has 1 saturated heterocycles. The molecule has 3 aromatic carbocycles. The molecule has 0 saturated carbocycles. The van der Waals surface area contributed by atoms with Gasteiger partial charge in [-0.25, -0.2) is 0 Å². The van der Waals surface area contributed by atoms with Crippen molar-refractivity contribution in [3.63, 3.8) is 0 Å². The Morgan fingerprint density at radius 2 is 1.75 bits per heavy atom. The van der Waals surface area contributed by atoms with E-state index in [4.69, 9.17) is 21.4 Å². The lowest BCUT2D eigenvalue weighted by Crippen LogP contribution is -2.67. The maximum absolute atomic E-state index is 14.4. The van der Waals surface area contributed by atoms with E-state index in [2.05, 4.69) is 56.1 Å². The van der Waals surface area contributed by atoms with Crippen LogP contribution in [0.15, 0.2) is 76.3 Å². The predicted molar refractivity (Wildman–Crippen MR) is 149 cm³/mol. The quantitative estimate of drug-likeness (QED) is 0.405. The van der Waals surface area contributed by atoms with Crippen molar-refractivity contribution in [2.24, 2.45) is 10.5 Å². The monoisotopic (exact) mass is 564 g/mol. The first-order chi connectivity index (χ1) is 17.4. The van der Waals surface area contributed by atoms with Crippen LogP contribution in [-0.2, 0) is 11.2 Å². The Bertz CT molecular complexity index is 1360. The van der Waals surface area contributed by atoms with Crippen LogP contribution in [0.4, 0.5) is 17.1 Å². The number of hydrazone groups is 1. The fourth-order valence-corrected chi connectivity index (χ4v) is 6.42. The third kappa shape index (κ3) is 3.59. The Labute approximate surface area is 224 Å². The zero-order chi connectivity index (χ0) is 25.0. The van der Waals surface area contributed by atoms with Crippen molar-refractivity contribution in [2.45, 2.75) is 19.4 Å². The molecule has 3 aliphatic rings. The van der Waals surface area contributed by atoms with Gasteiger partial charge in [0.25, 0.3) is 5.91 Å². The first kappa shape index (κ1) is 23.4. The van der Waals surface area contributed by atoms with E-state index in [1.165, 1.54) is 11.3 Å². The molecule has 3 heterocycles. The van der Waals surface area contributed by atoms with Gasteiger partial charge in [-0.15, -0.1) is 0 Å². The van der Waals surface area contributed by atoms with Crippen LogP contribution in [0, 0.1) is 5.41 Å². The second kappa shape index (κ2) is 8.82. The van der Waals surface area contributed by atoms with E-state index in [1.807, 2.05) is 31.2 Å². The minimum absolute atomic E-state index is 0.0135. The van der Waals surface area contributed by atoms with Crippen molar-refractivity contribution in [2.75, 3.05) is 41.6 Å². The van der Waals surface area contributed by atoms with E-state index < -0.39 is 5.41 Å². The van der Waals surface area contributed by atoms with Gasteiger partial charge in [0.1, 0.15) is 11.2 Å². The highest BCUT2D eigenvalue weighted by Gasteiger charge is 2.60. The molecule has 6 rings (SSSR count). The van der Waals surface area contributed by atoms with Crippen LogP contribution in [0.5, 0.6) is 5.75 Å². The second-order valence-electron chi connectivity index (χ2n) is 9.55. The van der Waals surface area contributed by atoms with Gasteiger partial charge < -0.3 is 14.5 Å². The summed E-state index contributed by atoms with van der Waals surface area (Å²) < 4.78 is 6.37. The average Bonchev–Trinajstić information content (AvgIpc) is 3.14. The Morgan fingerprint density at radius 1 is 1.03 bits per heavy atom. The number of hydrogen-bond acceptors (Lipinski definition) is 5. The molecule has 2 atom stereocenters. The summed E-state index contributed by atoms with van der Waals surface area (Å²) in [5.41, 5.74) is 4.31. The number of anilines is 3. The summed E-state index contributed by atoms with van der Waals surface area (Å²) in [5, 5.41) is 7.04. The number of piperazine rings is 1. The Balaban J connectivity index is 1.43. The summed E-state index contributed by atoms with van der Waals surface area (Å²) in [6.45, 7) is 4.39. The molecule has 3 aromatic rings. The third-order valence-corrected chi connectivity index (χ3v) is 8.49. The first-order valence-electron chi connectivity index (χ1n) is 12.0. The lowest BCUT2D eigenvalue weighted by Gasteiger charge is -2.53. The van der Waals surface area contributed by atoms with E-state index in [1.54, 1.807) is 24.3 Å². The normalized spacial score (nSPS) is 23.0. The Hall–Kier alpha value is -3.03. The number of ether oxygens (including phenoxy) is 1. The van der Waals surface area contributed by atoms with Gasteiger partial charge in [0, 0.05) is 40.5 Å². The zero-order valence-electron chi connectivity index (χ0n) is 20.1. The summed E-state index contributed by atoms with van der Waals surface area (Å²) in [6.07, 6.45) is 0.609. The van der Waals surface area contributed by atoms with Gasteiger partial charge in [-0.2, -0.15) is 10.1 Å². The molecule has 0 aliphatic carbocycles. The van der Waals surface area contributed by atoms with Gasteiger partial charge >= 0.3 is 0 Å². The van der Waals surface area contributed by atoms with Crippen molar-refractivity contribution in [3.8, 4) is 5.75 Å². The van der Waals surface area contributed by atoms with Crippen LogP contribution < -0.4 is 19.5 Å². The van der Waals surface area contributed by atoms with E-state index in [9.17, 15) is 4.79 Å². The molecular weight excluding hydrogens is 540 g/mol. The molecule has 36 heavy (non-hydrogen) atoms. The molecule has 1 amide bonds. The molecule has 0 bridgehead atoms. The minimum atomic E-state index is -0.765. The van der Waals surface area contributed by atoms with Crippen molar-refractivity contribution < 1.29 is 9.53 Å². The maximum atomic E-state index is 14.4. The minimum Gasteiger partial charge on any atom is -0.497 e. The number of halogens is 2. The largest absolute Gasteiger partial charge is 0.497 e. The van der Waals surface area contributed by atoms with Gasteiger partial charge in [0.2, 0.25) is 0 Å². The van der Waals surface area contributed by atoms with E-state index in [0.717, 1.165) is 46.9 Å². The third-order valence-electron chi connectivity index (χ3n) is 7.75. The molecule has 0 unspecified atom stereocenters. The first-order valence-corrected chi connectivity index (χ1v) is 13.2. The van der Waals surface area contributed by atoms with Crippen LogP contribution in [0.3, 0.4) is 0 Å². The van der Waals surface area contributed by atoms with Crippen LogP contribution in [0.2, 0.25) is 5.02 Å². The standard InChI is InChI=1S/C28H26BrClN4O2/c1-18-28(27(35)34(31-18)23-6-4-21(30)5-7-23)16-19-15-20(29)3-12-25(19)33-14-13-32(17-26(28)33)22-8-10-24(36-2)11-9-22/h3-12,15,26H,13-14,16-17H2,1-2H3/t26-,28-/m0/s1. The van der Waals surface area contributed by atoms with Crippen molar-refractivity contribution in [3.05, 3.63) is 81.8 Å². The molecule has 0 aromatic heterocycles. The molecule has 1 spiro atoms. The summed E-state index contributed by atoms with van der Waals surface area (Å²) in [7, 11) is 1.68. The van der Waals surface area contributed by atoms with Gasteiger partial charge in [0.15, 0.2) is 0 Å². The number of amides is 1. The number of nitrogens with zero attached hydrogens (tertiary/aromatic N) is 4. The van der Waals surface area contributed by atoms with Crippen LogP contribution in [0.1, 0.15) is 12.5 Å². The van der Waals surface area contributed by atoms with Crippen LogP contribution >= 0.6 is 27.5 Å². The van der Waals surface area contributed by atoms with Crippen molar-refractivity contribution in [1.29, 1.82) is 0 Å². The van der Waals surface area contributed by atoms with E-state index in [0.29, 0.717) is 11.4 Å². The van der Waals surface area contributed by atoms with Gasteiger partial charge in [-0.3, -0.25) is 4.79 Å². The molecule has 3 aliphatic heterocycles. The van der Waals surface area contributed by atoms with Crippen molar-refractivity contribution >= 4 is 56.2 Å². The van der Waals surface area contributed by atoms with Crippen molar-refractivity contribution in [1.82, 2.24) is 0 Å². The highest BCUT2D eigenvalue weighted by molar-refractivity contribution is 9.10. The second-order valence-corrected chi connectivity index (χ2v) is 10.9. The molecule has 6 nitrogen and oxygen atoms in total. The lowest BCUT2D eigenvalue weighted by atomic mass is 9.67. The molecule has 8 heteroatoms. The zero-order valence-corrected chi connectivity index (χ0v) is 22.5. The van der Waals surface area contributed by atoms with Gasteiger partial charge in [-0.1, -0.05) is 27.5 Å². The molecule has 184 valence electrons. The fourth-order valence-electron chi connectivity index (χ4n) is 5.89. The summed E-state index contributed by atoms with van der Waals surface area (Å²) in [6, 6.07) is 21.8. The number of methoxy groups -OCH3 is 1. The van der Waals surface area contributed by atoms with E-state index in [-0.39, 0.29) is 11.9 Å². The topological polar surface area (TPSA) is 48.4 Å². The van der Waals surface area contributed by atoms with Crippen LogP contribution in [-0.4, -0.2) is 44.4 Å². The van der Waals surface area contributed by atoms with Gasteiger partial charge in [-0.05, 0) is 85.6 Å². The molecular formula is C28H26BrClN4O2. The molecule has 0 N–H and O–H groups in total. The smallest absolute Gasteiger partial charge is 0.261 e. The molecule has 0 radical (unpaired) electrons. The predicted octanol–water partition coefficient (Wildman–Crippen LogP) is 5.77. The van der Waals surface area contributed by atoms with Gasteiger partial charge in [0.05, 0.1) is 24.6 Å². The fraction of sp³-hybridized carbons (Fsp3) is 0.286.